The van der Waals surface area contributed by atoms with Crippen LogP contribution in [0.25, 0.3) is 5.78 Å². The van der Waals surface area contributed by atoms with Gasteiger partial charge in [-0.15, -0.1) is 0 Å². The normalized spacial score (nSPS) is 20.4. The molecule has 1 amide bonds. The van der Waals surface area contributed by atoms with Gasteiger partial charge in [0.15, 0.2) is 0 Å². The van der Waals surface area contributed by atoms with Crippen LogP contribution in [0.1, 0.15) is 55.8 Å². The molecule has 1 aliphatic carbocycles. The molecule has 3 aromatic rings. The lowest BCUT2D eigenvalue weighted by atomic mass is 9.94. The van der Waals surface area contributed by atoms with E-state index in [1.165, 1.54) is 6.33 Å². The average Bonchev–Trinajstić information content (AvgIpc) is 3.48. The lowest BCUT2D eigenvalue weighted by molar-refractivity contribution is -0.119. The Bertz CT molecular complexity index is 1020. The van der Waals surface area contributed by atoms with Gasteiger partial charge in [-0.25, -0.2) is 4.98 Å². The van der Waals surface area contributed by atoms with Gasteiger partial charge in [-0.2, -0.15) is 19.7 Å². The van der Waals surface area contributed by atoms with Gasteiger partial charge < -0.3 is 10.2 Å². The molecule has 1 atom stereocenters. The molecular weight excluding hydrogens is 368 g/mol. The molecule has 0 bridgehead atoms. The molecule has 3 aromatic heterocycles. The molecule has 9 heteroatoms. The van der Waals surface area contributed by atoms with E-state index in [0.717, 1.165) is 74.5 Å². The lowest BCUT2D eigenvalue weighted by Gasteiger charge is -2.34. The van der Waals surface area contributed by atoms with E-state index < -0.39 is 0 Å². The minimum Gasteiger partial charge on any atom is -0.356 e. The molecule has 152 valence electrons. The maximum Gasteiger partial charge on any atom is 0.254 e. The van der Waals surface area contributed by atoms with Gasteiger partial charge in [0, 0.05) is 36.7 Å². The van der Waals surface area contributed by atoms with Crippen LogP contribution in [0.4, 0.5) is 11.5 Å². The summed E-state index contributed by atoms with van der Waals surface area (Å²) in [6, 6.07) is 2.06. The maximum absolute atomic E-state index is 12.6. The summed E-state index contributed by atoms with van der Waals surface area (Å²) in [4.78, 5) is 23.6. The summed E-state index contributed by atoms with van der Waals surface area (Å²) >= 11 is 0. The van der Waals surface area contributed by atoms with Gasteiger partial charge in [0.1, 0.15) is 12.1 Å². The highest BCUT2D eigenvalue weighted by atomic mass is 16.1. The molecule has 29 heavy (non-hydrogen) atoms. The highest BCUT2D eigenvalue weighted by Gasteiger charge is 2.29. The van der Waals surface area contributed by atoms with Crippen molar-refractivity contribution in [2.24, 2.45) is 5.92 Å². The molecule has 1 saturated carbocycles. The molecule has 0 aromatic carbocycles. The molecule has 2 N–H and O–H groups in total. The molecule has 0 spiro atoms. The molecule has 9 nitrogen and oxygen atoms in total. The van der Waals surface area contributed by atoms with Crippen molar-refractivity contribution in [1.82, 2.24) is 29.8 Å². The largest absolute Gasteiger partial charge is 0.356 e. The van der Waals surface area contributed by atoms with Crippen molar-refractivity contribution in [3.63, 3.8) is 0 Å². The van der Waals surface area contributed by atoms with Gasteiger partial charge in [-0.3, -0.25) is 9.89 Å². The predicted octanol–water partition coefficient (Wildman–Crippen LogP) is 2.67. The summed E-state index contributed by atoms with van der Waals surface area (Å²) in [6.45, 7) is 3.75. The number of carbonyl (C=O) groups is 1. The Morgan fingerprint density at radius 3 is 2.97 bits per heavy atom. The van der Waals surface area contributed by atoms with Crippen LogP contribution >= 0.6 is 0 Å². The Hall–Kier alpha value is -2.97. The van der Waals surface area contributed by atoms with Gasteiger partial charge in [0.25, 0.3) is 5.78 Å². The number of hydrogen-bond donors (Lipinski definition) is 2. The van der Waals surface area contributed by atoms with Gasteiger partial charge in [-0.05, 0) is 32.6 Å². The summed E-state index contributed by atoms with van der Waals surface area (Å²) < 4.78 is 1.80. The zero-order chi connectivity index (χ0) is 19.8. The SMILES string of the molecule is Cc1cc(N2CCCC(c3[nH]ncc3NC(=O)C3CCCC3)C2)n2ncnc2n1. The maximum atomic E-state index is 12.6. The van der Waals surface area contributed by atoms with E-state index in [9.17, 15) is 4.79 Å². The van der Waals surface area contributed by atoms with E-state index >= 15 is 0 Å². The third-order valence-corrected chi connectivity index (χ3v) is 6.17. The highest BCUT2D eigenvalue weighted by molar-refractivity contribution is 5.93. The van der Waals surface area contributed by atoms with Crippen LogP contribution in [0.3, 0.4) is 0 Å². The number of aryl methyl sites for hydroxylation is 1. The zero-order valence-electron chi connectivity index (χ0n) is 16.6. The summed E-state index contributed by atoms with van der Waals surface area (Å²) in [7, 11) is 0. The minimum absolute atomic E-state index is 0.131. The summed E-state index contributed by atoms with van der Waals surface area (Å²) in [5.74, 6) is 2.16. The Morgan fingerprint density at radius 1 is 1.24 bits per heavy atom. The summed E-state index contributed by atoms with van der Waals surface area (Å²) in [6.07, 6.45) is 9.67. The van der Waals surface area contributed by atoms with Crippen molar-refractivity contribution >= 4 is 23.2 Å². The number of nitrogens with zero attached hydrogens (tertiary/aromatic N) is 6. The van der Waals surface area contributed by atoms with Gasteiger partial charge in [0.2, 0.25) is 5.91 Å². The van der Waals surface area contributed by atoms with Gasteiger partial charge in [0.05, 0.1) is 17.6 Å². The Balaban J connectivity index is 1.37. The smallest absolute Gasteiger partial charge is 0.254 e. The standard InChI is InChI=1S/C20H26N8O/c1-13-9-17(28-20(24-13)21-12-23-28)27-8-4-7-15(11-27)18-16(10-22-26-18)25-19(29)14-5-2-3-6-14/h9-10,12,14-15H,2-8,11H2,1H3,(H,22,26)(H,25,29). The number of anilines is 2. The number of fused-ring (bicyclic) bond motifs is 1. The molecular formula is C20H26N8O. The third-order valence-electron chi connectivity index (χ3n) is 6.17. The third kappa shape index (κ3) is 3.45. The first-order chi connectivity index (χ1) is 14.2. The van der Waals surface area contributed by atoms with Crippen LogP contribution in [0.5, 0.6) is 0 Å². The first-order valence-electron chi connectivity index (χ1n) is 10.5. The fourth-order valence-electron chi connectivity index (χ4n) is 4.69. The number of piperidine rings is 1. The van der Waals surface area contributed by atoms with Crippen molar-refractivity contribution < 1.29 is 4.79 Å². The minimum atomic E-state index is 0.131. The topological polar surface area (TPSA) is 104 Å². The van der Waals surface area contributed by atoms with E-state index in [-0.39, 0.29) is 17.7 Å². The number of H-pyrrole nitrogens is 1. The van der Waals surface area contributed by atoms with Crippen LogP contribution in [0.2, 0.25) is 0 Å². The van der Waals surface area contributed by atoms with Crippen LogP contribution in [-0.2, 0) is 4.79 Å². The Labute approximate surface area is 168 Å². The quantitative estimate of drug-likeness (QED) is 0.705. The molecule has 1 saturated heterocycles. The predicted molar refractivity (Wildman–Crippen MR) is 109 cm³/mol. The van der Waals surface area contributed by atoms with Gasteiger partial charge >= 0.3 is 0 Å². The second-order valence-electron chi connectivity index (χ2n) is 8.18. The van der Waals surface area contributed by atoms with E-state index in [2.05, 4.69) is 41.5 Å². The van der Waals surface area contributed by atoms with Crippen LogP contribution in [-0.4, -0.2) is 48.8 Å². The molecule has 2 fully saturated rings. The number of hydrogen-bond acceptors (Lipinski definition) is 6. The number of carbonyl (C=O) groups excluding carboxylic acids is 1. The summed E-state index contributed by atoms with van der Waals surface area (Å²) in [5.41, 5.74) is 2.76. The van der Waals surface area contributed by atoms with E-state index in [1.807, 2.05) is 6.92 Å². The van der Waals surface area contributed by atoms with Crippen molar-refractivity contribution in [2.75, 3.05) is 23.3 Å². The molecule has 0 radical (unpaired) electrons. The average molecular weight is 394 g/mol. The molecule has 1 aliphatic heterocycles. The second-order valence-corrected chi connectivity index (χ2v) is 8.18. The van der Waals surface area contributed by atoms with E-state index in [0.29, 0.717) is 5.78 Å². The Kier molecular flexibility index (Phi) is 4.65. The molecule has 5 rings (SSSR count). The fraction of sp³-hybridized carbons (Fsp3) is 0.550. The van der Waals surface area contributed by atoms with Crippen LogP contribution in [0.15, 0.2) is 18.6 Å². The highest BCUT2D eigenvalue weighted by Crippen LogP contribution is 2.33. The first-order valence-corrected chi connectivity index (χ1v) is 10.5. The van der Waals surface area contributed by atoms with Crippen molar-refractivity contribution in [3.05, 3.63) is 30.0 Å². The van der Waals surface area contributed by atoms with Crippen molar-refractivity contribution in [1.29, 1.82) is 0 Å². The van der Waals surface area contributed by atoms with Crippen molar-refractivity contribution in [2.45, 2.75) is 51.4 Å². The summed E-state index contributed by atoms with van der Waals surface area (Å²) in [5, 5.41) is 14.9. The fourth-order valence-corrected chi connectivity index (χ4v) is 4.69. The van der Waals surface area contributed by atoms with Crippen LogP contribution < -0.4 is 10.2 Å². The van der Waals surface area contributed by atoms with Crippen LogP contribution in [0, 0.1) is 12.8 Å². The molecule has 4 heterocycles. The number of nitrogens with one attached hydrogen (secondary N) is 2. The number of aromatic amines is 1. The van der Waals surface area contributed by atoms with Crippen molar-refractivity contribution in [3.8, 4) is 0 Å². The van der Waals surface area contributed by atoms with Gasteiger partial charge in [-0.1, -0.05) is 12.8 Å². The second kappa shape index (κ2) is 7.46. The first kappa shape index (κ1) is 18.1. The van der Waals surface area contributed by atoms with E-state index in [1.54, 1.807) is 10.7 Å². The van der Waals surface area contributed by atoms with E-state index in [4.69, 9.17) is 0 Å². The Morgan fingerprint density at radius 2 is 2.10 bits per heavy atom. The number of aromatic nitrogens is 6. The zero-order valence-corrected chi connectivity index (χ0v) is 16.6. The number of amides is 1. The lowest BCUT2D eigenvalue weighted by Crippen LogP contribution is -2.36. The molecule has 1 unspecified atom stereocenters. The number of rotatable bonds is 4. The monoisotopic (exact) mass is 394 g/mol. The molecule has 2 aliphatic rings.